The van der Waals surface area contributed by atoms with Gasteiger partial charge in [0.25, 0.3) is 0 Å². The van der Waals surface area contributed by atoms with Gasteiger partial charge in [0, 0.05) is 27.7 Å². The zero-order valence-electron chi connectivity index (χ0n) is 12.6. The minimum Gasteiger partial charge on any atom is -0.321 e. The van der Waals surface area contributed by atoms with Crippen LogP contribution in [-0.4, -0.2) is 10.9 Å². The first kappa shape index (κ1) is 15.4. The summed E-state index contributed by atoms with van der Waals surface area (Å²) in [5, 5.41) is 3.91. The van der Waals surface area contributed by atoms with Crippen LogP contribution in [0.25, 0.3) is 17.0 Å². The molecule has 0 radical (unpaired) electrons. The summed E-state index contributed by atoms with van der Waals surface area (Å²) in [7, 11) is 0. The van der Waals surface area contributed by atoms with Crippen LogP contribution in [0.2, 0.25) is 0 Å². The van der Waals surface area contributed by atoms with Gasteiger partial charge in [0.2, 0.25) is 5.91 Å². The average molecular weight is 367 g/mol. The number of rotatable bonds is 3. The molecule has 0 fully saturated rings. The maximum absolute atomic E-state index is 12.1. The number of hydrogen-bond donors (Lipinski definition) is 1. The Morgan fingerprint density at radius 2 is 2.00 bits per heavy atom. The number of nitrogens with zero attached hydrogens (tertiary/aromatic N) is 1. The number of amides is 1. The van der Waals surface area contributed by atoms with Gasteiger partial charge in [0.15, 0.2) is 0 Å². The molecule has 0 aliphatic heterocycles. The topological polar surface area (TPSA) is 42.0 Å². The number of anilines is 1. The molecule has 114 valence electrons. The molecule has 0 saturated carbocycles. The molecule has 0 spiro atoms. The molecule has 1 heterocycles. The molecule has 1 N–H and O–H groups in total. The van der Waals surface area contributed by atoms with Crippen LogP contribution in [0.3, 0.4) is 0 Å². The van der Waals surface area contributed by atoms with E-state index in [4.69, 9.17) is 0 Å². The lowest BCUT2D eigenvalue weighted by Crippen LogP contribution is -2.08. The van der Waals surface area contributed by atoms with Crippen LogP contribution in [0, 0.1) is 6.92 Å². The summed E-state index contributed by atoms with van der Waals surface area (Å²) in [5.41, 5.74) is 3.69. The van der Waals surface area contributed by atoms with Gasteiger partial charge in [0.05, 0.1) is 11.2 Å². The van der Waals surface area contributed by atoms with E-state index >= 15 is 0 Å². The zero-order chi connectivity index (χ0) is 16.2. The van der Waals surface area contributed by atoms with E-state index in [0.29, 0.717) is 0 Å². The highest BCUT2D eigenvalue weighted by Crippen LogP contribution is 2.23. The number of aromatic nitrogens is 1. The van der Waals surface area contributed by atoms with Crippen LogP contribution >= 0.6 is 15.9 Å². The summed E-state index contributed by atoms with van der Waals surface area (Å²) < 4.78 is 0.867. The number of carbonyl (C=O) groups excluding carboxylic acids is 1. The number of para-hydroxylation sites is 1. The van der Waals surface area contributed by atoms with Crippen LogP contribution in [0.4, 0.5) is 5.69 Å². The van der Waals surface area contributed by atoms with Crippen molar-refractivity contribution in [1.29, 1.82) is 0 Å². The Morgan fingerprint density at radius 3 is 2.83 bits per heavy atom. The molecular weight excluding hydrogens is 352 g/mol. The average Bonchev–Trinajstić information content (AvgIpc) is 2.55. The molecule has 0 saturated heterocycles. The highest BCUT2D eigenvalue weighted by molar-refractivity contribution is 9.10. The Bertz CT molecular complexity index is 898. The van der Waals surface area contributed by atoms with E-state index in [1.165, 1.54) is 6.08 Å². The van der Waals surface area contributed by atoms with Crippen molar-refractivity contribution < 1.29 is 4.79 Å². The molecular formula is C19H15BrN2O. The van der Waals surface area contributed by atoms with E-state index in [0.717, 1.165) is 32.2 Å². The summed E-state index contributed by atoms with van der Waals surface area (Å²) in [6, 6.07) is 15.6. The zero-order valence-corrected chi connectivity index (χ0v) is 14.2. The van der Waals surface area contributed by atoms with Gasteiger partial charge in [-0.1, -0.05) is 30.3 Å². The molecule has 0 atom stereocenters. The fraction of sp³-hybridized carbons (Fsp3) is 0.0526. The smallest absolute Gasteiger partial charge is 0.248 e. The third-order valence-electron chi connectivity index (χ3n) is 3.46. The molecule has 0 aliphatic carbocycles. The maximum Gasteiger partial charge on any atom is 0.248 e. The number of benzene rings is 2. The van der Waals surface area contributed by atoms with Crippen molar-refractivity contribution in [3.05, 3.63) is 76.4 Å². The van der Waals surface area contributed by atoms with Crippen molar-refractivity contribution in [3.63, 3.8) is 0 Å². The van der Waals surface area contributed by atoms with Crippen LogP contribution in [0.1, 0.15) is 11.1 Å². The number of fused-ring (bicyclic) bond motifs is 1. The monoisotopic (exact) mass is 366 g/mol. The van der Waals surface area contributed by atoms with Crippen molar-refractivity contribution in [3.8, 4) is 0 Å². The molecule has 0 aliphatic rings. The lowest BCUT2D eigenvalue weighted by Gasteiger charge is -2.06. The van der Waals surface area contributed by atoms with Gasteiger partial charge in [-0.15, -0.1) is 0 Å². The van der Waals surface area contributed by atoms with Gasteiger partial charge < -0.3 is 5.32 Å². The Labute approximate surface area is 143 Å². The minimum absolute atomic E-state index is 0.178. The molecule has 1 aromatic heterocycles. The van der Waals surface area contributed by atoms with Crippen molar-refractivity contribution in [1.82, 2.24) is 4.98 Å². The Hall–Kier alpha value is -2.46. The predicted molar refractivity (Wildman–Crippen MR) is 98.3 cm³/mol. The van der Waals surface area contributed by atoms with E-state index in [9.17, 15) is 4.79 Å². The summed E-state index contributed by atoms with van der Waals surface area (Å²) >= 11 is 3.46. The second-order valence-corrected chi connectivity index (χ2v) is 6.08. The Morgan fingerprint density at radius 1 is 1.17 bits per heavy atom. The van der Waals surface area contributed by atoms with Crippen molar-refractivity contribution in [2.24, 2.45) is 0 Å². The summed E-state index contributed by atoms with van der Waals surface area (Å²) in [5.74, 6) is -0.178. The number of aryl methyl sites for hydroxylation is 1. The normalized spacial score (nSPS) is 11.0. The second-order valence-electron chi connectivity index (χ2n) is 5.23. The fourth-order valence-corrected chi connectivity index (χ4v) is 2.92. The molecule has 3 aromatic rings. The molecule has 2 aromatic carbocycles. The highest BCUT2D eigenvalue weighted by atomic mass is 79.9. The highest BCUT2D eigenvalue weighted by Gasteiger charge is 2.04. The largest absolute Gasteiger partial charge is 0.321 e. The van der Waals surface area contributed by atoms with Gasteiger partial charge in [-0.2, -0.15) is 0 Å². The summed E-state index contributed by atoms with van der Waals surface area (Å²) in [6.45, 7) is 2.00. The van der Waals surface area contributed by atoms with Crippen LogP contribution in [-0.2, 0) is 4.79 Å². The van der Waals surface area contributed by atoms with Crippen LogP contribution in [0.5, 0.6) is 0 Å². The van der Waals surface area contributed by atoms with Gasteiger partial charge in [0.1, 0.15) is 0 Å². The lowest BCUT2D eigenvalue weighted by atomic mass is 10.1. The van der Waals surface area contributed by atoms with Crippen LogP contribution in [0.15, 0.2) is 65.3 Å². The first-order chi connectivity index (χ1) is 11.1. The molecule has 23 heavy (non-hydrogen) atoms. The lowest BCUT2D eigenvalue weighted by molar-refractivity contribution is -0.111. The number of nitrogens with one attached hydrogen (secondary N) is 1. The SMILES string of the molecule is Cc1ccc(NC(=O)C=Cc2cccc3cccnc23)c(Br)c1. The summed E-state index contributed by atoms with van der Waals surface area (Å²) in [6.07, 6.45) is 5.06. The van der Waals surface area contributed by atoms with Gasteiger partial charge in [-0.3, -0.25) is 9.78 Å². The first-order valence-corrected chi connectivity index (χ1v) is 8.02. The van der Waals surface area contributed by atoms with Gasteiger partial charge >= 0.3 is 0 Å². The second kappa shape index (κ2) is 6.75. The van der Waals surface area contributed by atoms with E-state index in [-0.39, 0.29) is 5.91 Å². The van der Waals surface area contributed by atoms with Crippen LogP contribution < -0.4 is 5.32 Å². The van der Waals surface area contributed by atoms with E-state index in [2.05, 4.69) is 26.2 Å². The number of carbonyl (C=O) groups is 1. The molecule has 3 rings (SSSR count). The summed E-state index contributed by atoms with van der Waals surface area (Å²) in [4.78, 5) is 16.5. The minimum atomic E-state index is -0.178. The van der Waals surface area contributed by atoms with E-state index in [1.807, 2.05) is 55.5 Å². The quantitative estimate of drug-likeness (QED) is 0.665. The molecule has 4 heteroatoms. The fourth-order valence-electron chi connectivity index (χ4n) is 2.32. The first-order valence-electron chi connectivity index (χ1n) is 7.22. The van der Waals surface area contributed by atoms with Crippen molar-refractivity contribution in [2.45, 2.75) is 6.92 Å². The van der Waals surface area contributed by atoms with E-state index in [1.54, 1.807) is 12.3 Å². The van der Waals surface area contributed by atoms with Gasteiger partial charge in [-0.05, 0) is 52.7 Å². The Kier molecular flexibility index (Phi) is 4.53. The maximum atomic E-state index is 12.1. The number of hydrogen-bond acceptors (Lipinski definition) is 2. The molecule has 3 nitrogen and oxygen atoms in total. The Balaban J connectivity index is 1.80. The predicted octanol–water partition coefficient (Wildman–Crippen LogP) is 4.96. The molecule has 1 amide bonds. The number of halogens is 1. The van der Waals surface area contributed by atoms with Gasteiger partial charge in [-0.25, -0.2) is 0 Å². The third kappa shape index (κ3) is 3.66. The molecule has 0 unspecified atom stereocenters. The molecule has 0 bridgehead atoms. The standard InChI is InChI=1S/C19H15BrN2O/c1-13-7-9-17(16(20)12-13)22-18(23)10-8-15-5-2-4-14-6-3-11-21-19(14)15/h2-12H,1H3,(H,22,23). The third-order valence-corrected chi connectivity index (χ3v) is 4.12. The van der Waals surface area contributed by atoms with E-state index < -0.39 is 0 Å². The van der Waals surface area contributed by atoms with Crippen molar-refractivity contribution in [2.75, 3.05) is 5.32 Å². The van der Waals surface area contributed by atoms with Crippen molar-refractivity contribution >= 4 is 44.5 Å². The number of pyridine rings is 1.